The van der Waals surface area contributed by atoms with Crippen LogP contribution >= 0.6 is 0 Å². The van der Waals surface area contributed by atoms with E-state index in [0.717, 1.165) is 36.5 Å². The molecule has 2 saturated heterocycles. The fraction of sp³-hybridized carbons (Fsp3) is 0.500. The number of halogens is 3. The number of aliphatic hydroxyl groups is 1. The summed E-state index contributed by atoms with van der Waals surface area (Å²) in [6, 6.07) is 7.94. The lowest BCUT2D eigenvalue weighted by atomic mass is 9.46. The number of nitrogens with zero attached hydrogens (tertiary/aromatic N) is 1. The second kappa shape index (κ2) is 9.84. The van der Waals surface area contributed by atoms with Crippen LogP contribution in [0.5, 0.6) is 0 Å². The molecule has 224 valence electrons. The van der Waals surface area contributed by atoms with Crippen molar-refractivity contribution in [2.75, 3.05) is 20.1 Å². The van der Waals surface area contributed by atoms with E-state index in [1.165, 1.54) is 25.1 Å². The fourth-order valence-electron chi connectivity index (χ4n) is 8.85. The third-order valence-corrected chi connectivity index (χ3v) is 10.4. The number of carbonyl (C=O) groups is 2. The number of carbonyl (C=O) groups excluding carboxylic acids is 2. The minimum atomic E-state index is -4.97. The summed E-state index contributed by atoms with van der Waals surface area (Å²) in [4.78, 5) is 25.8. The Balaban J connectivity index is 1.50. The highest BCUT2D eigenvalue weighted by atomic mass is 19.4. The number of benzene rings is 1. The van der Waals surface area contributed by atoms with Crippen LogP contribution in [0.4, 0.5) is 13.2 Å². The lowest BCUT2D eigenvalue weighted by Gasteiger charge is -2.63. The molecule has 2 bridgehead atoms. The molecule has 0 aromatic heterocycles. The minimum absolute atomic E-state index is 0.129. The number of ether oxygens (including phenoxy) is 2. The highest BCUT2D eigenvalue weighted by Gasteiger charge is 2.77. The average Bonchev–Trinajstić information content (AvgIpc) is 3.21. The van der Waals surface area contributed by atoms with Gasteiger partial charge in [0.1, 0.15) is 17.1 Å². The van der Waals surface area contributed by atoms with Crippen LogP contribution in [0.2, 0.25) is 0 Å². The molecule has 3 aliphatic carbocycles. The molecule has 2 aliphatic heterocycles. The fourth-order valence-corrected chi connectivity index (χ4v) is 8.85. The van der Waals surface area contributed by atoms with Crippen molar-refractivity contribution < 1.29 is 41.8 Å². The topological polar surface area (TPSA) is 84.9 Å². The first-order valence-electron chi connectivity index (χ1n) is 14.5. The molecule has 3 unspecified atom stereocenters. The molecule has 10 heteroatoms. The van der Waals surface area contributed by atoms with E-state index >= 15 is 0 Å². The van der Waals surface area contributed by atoms with Gasteiger partial charge in [-0.25, -0.2) is 0 Å². The molecule has 5 aliphatic rings. The van der Waals surface area contributed by atoms with Gasteiger partial charge in [0.2, 0.25) is 5.72 Å². The number of allylic oxidation sites excluding steroid dienone is 1. The smallest absolute Gasteiger partial charge is 0.421 e. The van der Waals surface area contributed by atoms with Crippen LogP contribution in [0.15, 0.2) is 71.7 Å². The van der Waals surface area contributed by atoms with Crippen LogP contribution in [0.1, 0.15) is 44.6 Å². The Morgan fingerprint density at radius 2 is 2.00 bits per heavy atom. The van der Waals surface area contributed by atoms with Gasteiger partial charge in [-0.3, -0.25) is 9.59 Å². The van der Waals surface area contributed by atoms with Crippen molar-refractivity contribution >= 4 is 18.0 Å². The van der Waals surface area contributed by atoms with Gasteiger partial charge in [-0.1, -0.05) is 43.3 Å². The molecule has 1 spiro atoms. The summed E-state index contributed by atoms with van der Waals surface area (Å²) in [7, 11) is 2.19. The molecule has 2 saturated carbocycles. The van der Waals surface area contributed by atoms with Crippen molar-refractivity contribution in [3.63, 3.8) is 0 Å². The van der Waals surface area contributed by atoms with Gasteiger partial charge in [0.05, 0.1) is 32.3 Å². The molecule has 7 nitrogen and oxygen atoms in total. The van der Waals surface area contributed by atoms with Crippen LogP contribution in [0.3, 0.4) is 0 Å². The van der Waals surface area contributed by atoms with Gasteiger partial charge in [0.25, 0.3) is 5.91 Å². The highest BCUT2D eigenvalue weighted by molar-refractivity contribution is 5.99. The van der Waals surface area contributed by atoms with Crippen LogP contribution in [-0.2, 0) is 19.1 Å². The zero-order valence-electron chi connectivity index (χ0n) is 23.7. The van der Waals surface area contributed by atoms with Crippen molar-refractivity contribution in [1.29, 1.82) is 0 Å². The second-order valence-corrected chi connectivity index (χ2v) is 12.6. The quantitative estimate of drug-likeness (QED) is 0.204. The number of alkyl halides is 3. The van der Waals surface area contributed by atoms with Crippen LogP contribution in [0, 0.1) is 17.3 Å². The van der Waals surface area contributed by atoms with Crippen molar-refractivity contribution in [2.24, 2.45) is 17.3 Å². The Morgan fingerprint density at radius 3 is 2.67 bits per heavy atom. The summed E-state index contributed by atoms with van der Waals surface area (Å²) in [6.07, 6.45) is 2.16. The highest BCUT2D eigenvalue weighted by Crippen LogP contribution is 2.71. The van der Waals surface area contributed by atoms with Crippen LogP contribution in [0.25, 0.3) is 6.08 Å². The van der Waals surface area contributed by atoms with Gasteiger partial charge < -0.3 is 24.4 Å². The maximum Gasteiger partial charge on any atom is 0.421 e. The molecule has 6 rings (SSSR count). The Hall–Kier alpha value is -3.37. The number of piperidine rings is 1. The minimum Gasteiger partial charge on any atom is -0.507 e. The van der Waals surface area contributed by atoms with Gasteiger partial charge in [-0.15, -0.1) is 0 Å². The van der Waals surface area contributed by atoms with Crippen molar-refractivity contribution in [2.45, 2.75) is 63.1 Å². The Kier molecular flexibility index (Phi) is 6.73. The molecule has 2 N–H and O–H groups in total. The van der Waals surface area contributed by atoms with E-state index in [2.05, 4.69) is 18.9 Å². The second-order valence-electron chi connectivity index (χ2n) is 12.6. The zero-order chi connectivity index (χ0) is 30.1. The van der Waals surface area contributed by atoms with Crippen molar-refractivity contribution in [3.8, 4) is 0 Å². The largest absolute Gasteiger partial charge is 0.507 e. The first kappa shape index (κ1) is 28.7. The Labute approximate surface area is 242 Å². The summed E-state index contributed by atoms with van der Waals surface area (Å²) in [5, 5.41) is 14.1. The lowest BCUT2D eigenvalue weighted by molar-refractivity contribution is -0.942. The van der Waals surface area contributed by atoms with E-state index in [1.807, 2.05) is 6.08 Å². The number of quaternary nitrogens is 1. The molecule has 0 radical (unpaired) electrons. The number of hydrogen-bond donors (Lipinski definition) is 2. The number of likely N-dealkylation sites (tertiary alicyclic amines) is 1. The Morgan fingerprint density at radius 1 is 1.26 bits per heavy atom. The monoisotopic (exact) mass is 585 g/mol. The predicted octanol–water partition coefficient (Wildman–Crippen LogP) is 5.33. The van der Waals surface area contributed by atoms with E-state index in [-0.39, 0.29) is 23.3 Å². The van der Waals surface area contributed by atoms with Crippen molar-refractivity contribution in [3.05, 3.63) is 77.3 Å². The standard InChI is InChI=1S/C32H35F3N2O5/c1-4-14-37(3)15-13-30-22-11-8-12-27(30)42-31(26(39)18-25(41-19(2)38)21(28(30)31)17-24(22)37)36-29(40)23(32(33,34)35)16-20-9-6-5-7-10-20/h4-7,9-10,16,18,22,24,27-28H,1,8,11-15,17H2,2-3H3,(H-,36,39,40)/p+1/t22-,24+,27-,28?,30+,31?,37?/m0/s1. The normalized spacial score (nSPS) is 37.0. The number of likely N-dealkylation sites (N-methyl/N-ethyl adjacent to an activating group) is 1. The summed E-state index contributed by atoms with van der Waals surface area (Å²) >= 11 is 0. The van der Waals surface area contributed by atoms with Gasteiger partial charge in [0.15, 0.2) is 0 Å². The molecule has 1 aromatic carbocycles. The SMILES string of the molecule is C=CC[N+]1(C)CC[C@]23C4C5=C(OC(C)=O)C=C(O)C4(NC(=O)C(=Cc4ccccc4)C(F)(F)F)O[C@H]2CCC[C@H]3[C@H]1C5. The maximum absolute atomic E-state index is 14.3. The van der Waals surface area contributed by atoms with Gasteiger partial charge in [0, 0.05) is 43.1 Å². The molecular weight excluding hydrogens is 549 g/mol. The molecule has 2 heterocycles. The zero-order valence-corrected chi connectivity index (χ0v) is 23.7. The summed E-state index contributed by atoms with van der Waals surface area (Å²) in [6.45, 7) is 6.77. The first-order valence-corrected chi connectivity index (χ1v) is 14.5. The maximum atomic E-state index is 14.3. The predicted molar refractivity (Wildman–Crippen MR) is 148 cm³/mol. The summed E-state index contributed by atoms with van der Waals surface area (Å²) in [5.41, 5.74) is -2.97. The van der Waals surface area contributed by atoms with Crippen LogP contribution < -0.4 is 5.32 Å². The molecule has 4 fully saturated rings. The molecule has 1 amide bonds. The van der Waals surface area contributed by atoms with Gasteiger partial charge >= 0.3 is 12.1 Å². The van der Waals surface area contributed by atoms with Gasteiger partial charge in [-0.05, 0) is 36.1 Å². The van der Waals surface area contributed by atoms with E-state index in [9.17, 15) is 27.9 Å². The summed E-state index contributed by atoms with van der Waals surface area (Å²) < 4.78 is 56.0. The average molecular weight is 586 g/mol. The lowest BCUT2D eigenvalue weighted by Crippen LogP contribution is -2.72. The Bertz CT molecular complexity index is 1420. The number of hydrogen-bond acceptors (Lipinski definition) is 5. The summed E-state index contributed by atoms with van der Waals surface area (Å²) in [5.74, 6) is -2.79. The van der Waals surface area contributed by atoms with E-state index in [0.29, 0.717) is 24.8 Å². The first-order chi connectivity index (χ1) is 19.9. The van der Waals surface area contributed by atoms with E-state index < -0.39 is 52.5 Å². The van der Waals surface area contributed by atoms with E-state index in [4.69, 9.17) is 9.47 Å². The van der Waals surface area contributed by atoms with E-state index in [1.54, 1.807) is 18.2 Å². The third-order valence-electron chi connectivity index (χ3n) is 10.4. The molecule has 1 aromatic rings. The number of nitrogens with one attached hydrogen (secondary N) is 1. The van der Waals surface area contributed by atoms with Crippen LogP contribution in [-0.4, -0.2) is 65.7 Å². The molecular formula is C32H36F3N2O5+. The molecule has 42 heavy (non-hydrogen) atoms. The number of aliphatic hydroxyl groups excluding tert-OH is 1. The molecule has 7 atom stereocenters. The van der Waals surface area contributed by atoms with Crippen molar-refractivity contribution in [1.82, 2.24) is 5.32 Å². The van der Waals surface area contributed by atoms with Gasteiger partial charge in [-0.2, -0.15) is 13.2 Å². The third kappa shape index (κ3) is 4.17. The number of rotatable bonds is 6. The number of esters is 1. The number of amides is 1.